The molecule has 3 rings (SSSR count). The topological polar surface area (TPSA) is 45.8 Å². The minimum atomic E-state index is -0.0453. The zero-order chi connectivity index (χ0) is 12.5. The lowest BCUT2D eigenvalue weighted by molar-refractivity contribution is 1.01. The lowest BCUT2D eigenvalue weighted by Gasteiger charge is -2.06. The van der Waals surface area contributed by atoms with E-state index in [2.05, 4.69) is 27.5 Å². The normalized spacial score (nSPS) is 10.9. The fourth-order valence-corrected chi connectivity index (χ4v) is 3.08. The number of hydrogen-bond donors (Lipinski definition) is 1. The van der Waals surface area contributed by atoms with Crippen molar-refractivity contribution in [1.82, 2.24) is 9.97 Å². The van der Waals surface area contributed by atoms with Crippen molar-refractivity contribution >= 4 is 21.4 Å². The SMILES string of the molecule is CCc1c(-c2cccc3ccsc23)nc[nH]c1=O. The molecule has 90 valence electrons. The molecule has 0 saturated heterocycles. The molecule has 0 aliphatic rings. The van der Waals surface area contributed by atoms with Crippen LogP contribution in [-0.2, 0) is 6.42 Å². The second-order valence-electron chi connectivity index (χ2n) is 4.06. The van der Waals surface area contributed by atoms with Crippen molar-refractivity contribution < 1.29 is 0 Å². The number of thiophene rings is 1. The van der Waals surface area contributed by atoms with E-state index in [1.165, 1.54) is 16.4 Å². The van der Waals surface area contributed by atoms with Crippen molar-refractivity contribution in [3.63, 3.8) is 0 Å². The molecule has 1 aromatic carbocycles. The highest BCUT2D eigenvalue weighted by Gasteiger charge is 2.12. The summed E-state index contributed by atoms with van der Waals surface area (Å²) >= 11 is 1.68. The van der Waals surface area contributed by atoms with E-state index in [1.54, 1.807) is 11.3 Å². The maximum atomic E-state index is 11.8. The summed E-state index contributed by atoms with van der Waals surface area (Å²) in [6, 6.07) is 8.20. The number of nitrogens with one attached hydrogen (secondary N) is 1. The molecule has 4 heteroatoms. The first-order chi connectivity index (χ1) is 8.81. The largest absolute Gasteiger partial charge is 0.313 e. The van der Waals surface area contributed by atoms with Crippen molar-refractivity contribution in [2.24, 2.45) is 0 Å². The van der Waals surface area contributed by atoms with E-state index in [4.69, 9.17) is 0 Å². The van der Waals surface area contributed by atoms with Crippen LogP contribution in [0.25, 0.3) is 21.3 Å². The number of hydrogen-bond acceptors (Lipinski definition) is 3. The second kappa shape index (κ2) is 4.38. The summed E-state index contributed by atoms with van der Waals surface area (Å²) in [7, 11) is 0. The minimum absolute atomic E-state index is 0.0453. The van der Waals surface area contributed by atoms with Gasteiger partial charge in [0.05, 0.1) is 12.0 Å². The lowest BCUT2D eigenvalue weighted by atomic mass is 10.0. The minimum Gasteiger partial charge on any atom is -0.313 e. The second-order valence-corrected chi connectivity index (χ2v) is 4.97. The number of fused-ring (bicyclic) bond motifs is 1. The van der Waals surface area contributed by atoms with Gasteiger partial charge >= 0.3 is 0 Å². The first-order valence-electron chi connectivity index (χ1n) is 5.84. The summed E-state index contributed by atoms with van der Waals surface area (Å²) in [5.41, 5.74) is 2.55. The van der Waals surface area contributed by atoms with Gasteiger partial charge in [0, 0.05) is 15.8 Å². The molecule has 2 heterocycles. The van der Waals surface area contributed by atoms with E-state index < -0.39 is 0 Å². The predicted octanol–water partition coefficient (Wildman–Crippen LogP) is 3.21. The van der Waals surface area contributed by atoms with Crippen molar-refractivity contribution in [3.8, 4) is 11.3 Å². The number of aromatic amines is 1. The average Bonchev–Trinajstić information content (AvgIpc) is 2.86. The van der Waals surface area contributed by atoms with Crippen LogP contribution in [0.5, 0.6) is 0 Å². The fourth-order valence-electron chi connectivity index (χ4n) is 2.17. The molecule has 0 amide bonds. The van der Waals surface area contributed by atoms with Gasteiger partial charge in [0.2, 0.25) is 0 Å². The summed E-state index contributed by atoms with van der Waals surface area (Å²) < 4.78 is 1.19. The Bertz CT molecular complexity index is 758. The fraction of sp³-hybridized carbons (Fsp3) is 0.143. The molecule has 0 fully saturated rings. The highest BCUT2D eigenvalue weighted by atomic mass is 32.1. The van der Waals surface area contributed by atoms with Gasteiger partial charge in [0.1, 0.15) is 0 Å². The van der Waals surface area contributed by atoms with Gasteiger partial charge < -0.3 is 4.98 Å². The number of rotatable bonds is 2. The smallest absolute Gasteiger partial charge is 0.254 e. The molecule has 0 radical (unpaired) electrons. The summed E-state index contributed by atoms with van der Waals surface area (Å²) in [4.78, 5) is 18.8. The van der Waals surface area contributed by atoms with E-state index in [1.807, 2.05) is 19.1 Å². The molecule has 3 nitrogen and oxygen atoms in total. The molecule has 0 spiro atoms. The molecular weight excluding hydrogens is 244 g/mol. The number of benzene rings is 1. The maximum Gasteiger partial charge on any atom is 0.254 e. The third kappa shape index (κ3) is 1.66. The van der Waals surface area contributed by atoms with Crippen molar-refractivity contribution in [3.05, 3.63) is 51.9 Å². The van der Waals surface area contributed by atoms with E-state index in [0.717, 1.165) is 16.8 Å². The Kier molecular flexibility index (Phi) is 2.72. The number of H-pyrrole nitrogens is 1. The Morgan fingerprint density at radius 3 is 3.06 bits per heavy atom. The third-order valence-corrected chi connectivity index (χ3v) is 4.00. The van der Waals surface area contributed by atoms with Crippen LogP contribution in [0.3, 0.4) is 0 Å². The summed E-state index contributed by atoms with van der Waals surface area (Å²) in [6.07, 6.45) is 2.16. The van der Waals surface area contributed by atoms with Gasteiger partial charge in [-0.15, -0.1) is 11.3 Å². The van der Waals surface area contributed by atoms with Crippen molar-refractivity contribution in [2.45, 2.75) is 13.3 Å². The summed E-state index contributed by atoms with van der Waals surface area (Å²) in [5.74, 6) is 0. The van der Waals surface area contributed by atoms with Crippen molar-refractivity contribution in [1.29, 1.82) is 0 Å². The first-order valence-corrected chi connectivity index (χ1v) is 6.72. The molecule has 0 atom stereocenters. The monoisotopic (exact) mass is 256 g/mol. The lowest BCUT2D eigenvalue weighted by Crippen LogP contribution is -2.14. The Labute approximate surface area is 108 Å². The first kappa shape index (κ1) is 11.2. The molecule has 3 aromatic rings. The Balaban J connectivity index is 2.36. The van der Waals surface area contributed by atoms with Gasteiger partial charge in [-0.2, -0.15) is 0 Å². The van der Waals surface area contributed by atoms with Crippen LogP contribution in [0.15, 0.2) is 40.8 Å². The Hall–Kier alpha value is -1.94. The van der Waals surface area contributed by atoms with Crippen LogP contribution in [0.1, 0.15) is 12.5 Å². The average molecular weight is 256 g/mol. The third-order valence-electron chi connectivity index (χ3n) is 3.04. The highest BCUT2D eigenvalue weighted by molar-refractivity contribution is 7.17. The quantitative estimate of drug-likeness (QED) is 0.765. The predicted molar refractivity (Wildman–Crippen MR) is 75.1 cm³/mol. The van der Waals surface area contributed by atoms with Crippen LogP contribution >= 0.6 is 11.3 Å². The number of nitrogens with zero attached hydrogens (tertiary/aromatic N) is 1. The molecule has 0 aliphatic heterocycles. The van der Waals surface area contributed by atoms with Gasteiger partial charge in [0.25, 0.3) is 5.56 Å². The molecule has 0 unspecified atom stereocenters. The summed E-state index contributed by atoms with van der Waals surface area (Å²) in [5, 5.41) is 3.26. The maximum absolute atomic E-state index is 11.8. The number of aromatic nitrogens is 2. The van der Waals surface area contributed by atoms with E-state index in [0.29, 0.717) is 6.42 Å². The summed E-state index contributed by atoms with van der Waals surface area (Å²) in [6.45, 7) is 1.98. The van der Waals surface area contributed by atoms with Crippen LogP contribution in [0.4, 0.5) is 0 Å². The highest BCUT2D eigenvalue weighted by Crippen LogP contribution is 2.32. The van der Waals surface area contributed by atoms with E-state index >= 15 is 0 Å². The van der Waals surface area contributed by atoms with E-state index in [9.17, 15) is 4.79 Å². The zero-order valence-corrected chi connectivity index (χ0v) is 10.8. The molecule has 2 aromatic heterocycles. The van der Waals surface area contributed by atoms with E-state index in [-0.39, 0.29) is 5.56 Å². The van der Waals surface area contributed by atoms with Gasteiger partial charge in [0.15, 0.2) is 0 Å². The van der Waals surface area contributed by atoms with Crippen LogP contribution < -0.4 is 5.56 Å². The Morgan fingerprint density at radius 2 is 2.22 bits per heavy atom. The van der Waals surface area contributed by atoms with Crippen molar-refractivity contribution in [2.75, 3.05) is 0 Å². The van der Waals surface area contributed by atoms with Crippen LogP contribution in [0.2, 0.25) is 0 Å². The van der Waals surface area contributed by atoms with Gasteiger partial charge in [-0.1, -0.05) is 25.1 Å². The molecule has 0 saturated carbocycles. The van der Waals surface area contributed by atoms with Crippen LogP contribution in [0, 0.1) is 0 Å². The molecule has 0 bridgehead atoms. The van der Waals surface area contributed by atoms with Gasteiger partial charge in [-0.25, -0.2) is 4.98 Å². The van der Waals surface area contributed by atoms with Crippen LogP contribution in [-0.4, -0.2) is 9.97 Å². The molecular formula is C14H12N2OS. The van der Waals surface area contributed by atoms with Gasteiger partial charge in [-0.3, -0.25) is 4.79 Å². The standard InChI is InChI=1S/C14H12N2OS/c1-2-10-12(15-8-16-14(10)17)11-5-3-4-9-6-7-18-13(9)11/h3-8H,2H2,1H3,(H,15,16,17). The molecule has 0 aliphatic carbocycles. The zero-order valence-electron chi connectivity index (χ0n) is 9.93. The Morgan fingerprint density at radius 1 is 1.33 bits per heavy atom. The molecule has 1 N–H and O–H groups in total. The molecule has 18 heavy (non-hydrogen) atoms. The van der Waals surface area contributed by atoms with Gasteiger partial charge in [-0.05, 0) is 23.3 Å².